The minimum Gasteiger partial charge on any atom is -0.493 e. The highest BCUT2D eigenvalue weighted by Crippen LogP contribution is 2.39. The van der Waals surface area contributed by atoms with E-state index in [0.29, 0.717) is 17.2 Å². The fourth-order valence-corrected chi connectivity index (χ4v) is 1.87. The number of methoxy groups -OCH3 is 3. The Morgan fingerprint density at radius 1 is 1.14 bits per heavy atom. The predicted molar refractivity (Wildman–Crippen MR) is 81.2 cm³/mol. The van der Waals surface area contributed by atoms with E-state index in [9.17, 15) is 4.79 Å². The molecule has 0 spiro atoms. The van der Waals surface area contributed by atoms with Gasteiger partial charge in [-0.25, -0.2) is 0 Å². The van der Waals surface area contributed by atoms with Crippen LogP contribution in [0.1, 0.15) is 18.5 Å². The number of nitrogens with zero attached hydrogens (tertiary/aromatic N) is 1. The molecule has 0 bridgehead atoms. The van der Waals surface area contributed by atoms with Crippen molar-refractivity contribution in [2.75, 3.05) is 42.0 Å². The van der Waals surface area contributed by atoms with Gasteiger partial charge in [-0.1, -0.05) is 0 Å². The summed E-state index contributed by atoms with van der Waals surface area (Å²) in [6, 6.07) is 3.72. The number of rotatable bonds is 7. The minimum atomic E-state index is -0.0254. The van der Waals surface area contributed by atoms with E-state index in [1.807, 2.05) is 19.1 Å². The Morgan fingerprint density at radius 3 is 2.05 bits per heavy atom. The molecular formula is C15H24N2O4. The summed E-state index contributed by atoms with van der Waals surface area (Å²) in [5.41, 5.74) is 0.955. The van der Waals surface area contributed by atoms with Gasteiger partial charge < -0.3 is 24.4 Å². The molecule has 1 N–H and O–H groups in total. The lowest BCUT2D eigenvalue weighted by Crippen LogP contribution is -2.34. The standard InChI is InChI=1S/C15H24N2O4/c1-10(16-9-14(18)17(2)3)11-7-12(19-4)15(21-6)13(8-11)20-5/h7-8,10,16H,9H2,1-6H3. The second-order valence-electron chi connectivity index (χ2n) is 4.85. The van der Waals surface area contributed by atoms with E-state index in [-0.39, 0.29) is 18.5 Å². The highest BCUT2D eigenvalue weighted by Gasteiger charge is 2.16. The van der Waals surface area contributed by atoms with Crippen LogP contribution in [0, 0.1) is 0 Å². The molecule has 0 saturated heterocycles. The number of carbonyl (C=O) groups is 1. The molecule has 21 heavy (non-hydrogen) atoms. The van der Waals surface area contributed by atoms with E-state index in [2.05, 4.69) is 5.32 Å². The van der Waals surface area contributed by atoms with Crippen LogP contribution in [0.5, 0.6) is 17.2 Å². The van der Waals surface area contributed by atoms with Crippen molar-refractivity contribution in [1.29, 1.82) is 0 Å². The highest BCUT2D eigenvalue weighted by molar-refractivity contribution is 5.77. The summed E-state index contributed by atoms with van der Waals surface area (Å²) in [5.74, 6) is 1.77. The van der Waals surface area contributed by atoms with E-state index in [4.69, 9.17) is 14.2 Å². The fraction of sp³-hybridized carbons (Fsp3) is 0.533. The van der Waals surface area contributed by atoms with Crippen LogP contribution in [0.4, 0.5) is 0 Å². The van der Waals surface area contributed by atoms with E-state index in [0.717, 1.165) is 5.56 Å². The van der Waals surface area contributed by atoms with Gasteiger partial charge in [-0.3, -0.25) is 4.79 Å². The molecule has 0 heterocycles. The van der Waals surface area contributed by atoms with Crippen LogP contribution < -0.4 is 19.5 Å². The Hall–Kier alpha value is -1.95. The molecule has 1 amide bonds. The molecule has 1 aromatic carbocycles. The molecule has 118 valence electrons. The van der Waals surface area contributed by atoms with Gasteiger partial charge in [0.15, 0.2) is 11.5 Å². The Balaban J connectivity index is 2.94. The van der Waals surface area contributed by atoms with Gasteiger partial charge in [0.2, 0.25) is 11.7 Å². The summed E-state index contributed by atoms with van der Waals surface area (Å²) < 4.78 is 15.9. The van der Waals surface area contributed by atoms with E-state index in [1.54, 1.807) is 40.3 Å². The zero-order valence-corrected chi connectivity index (χ0v) is 13.5. The molecule has 0 fully saturated rings. The van der Waals surface area contributed by atoms with Crippen molar-refractivity contribution in [3.63, 3.8) is 0 Å². The van der Waals surface area contributed by atoms with Gasteiger partial charge in [0.25, 0.3) is 0 Å². The first kappa shape index (κ1) is 17.1. The summed E-state index contributed by atoms with van der Waals surface area (Å²) in [4.78, 5) is 13.2. The zero-order chi connectivity index (χ0) is 16.0. The van der Waals surface area contributed by atoms with Gasteiger partial charge in [-0.2, -0.15) is 0 Å². The van der Waals surface area contributed by atoms with Crippen molar-refractivity contribution < 1.29 is 19.0 Å². The Morgan fingerprint density at radius 2 is 1.67 bits per heavy atom. The van der Waals surface area contributed by atoms with Gasteiger partial charge in [0, 0.05) is 20.1 Å². The van der Waals surface area contributed by atoms with Crippen LogP contribution in [-0.2, 0) is 4.79 Å². The molecule has 1 rings (SSSR count). The number of hydrogen-bond acceptors (Lipinski definition) is 5. The van der Waals surface area contributed by atoms with Crippen LogP contribution in [0.2, 0.25) is 0 Å². The Kier molecular flexibility index (Phi) is 6.30. The number of carbonyl (C=O) groups excluding carboxylic acids is 1. The van der Waals surface area contributed by atoms with E-state index < -0.39 is 0 Å². The molecule has 0 saturated carbocycles. The number of nitrogens with one attached hydrogen (secondary N) is 1. The van der Waals surface area contributed by atoms with Crippen molar-refractivity contribution in [2.45, 2.75) is 13.0 Å². The summed E-state index contributed by atoms with van der Waals surface area (Å²) in [7, 11) is 8.18. The second-order valence-corrected chi connectivity index (χ2v) is 4.85. The fourth-order valence-electron chi connectivity index (χ4n) is 1.87. The lowest BCUT2D eigenvalue weighted by atomic mass is 10.1. The van der Waals surface area contributed by atoms with Gasteiger partial charge in [0.05, 0.1) is 27.9 Å². The van der Waals surface area contributed by atoms with Crippen molar-refractivity contribution in [3.8, 4) is 17.2 Å². The van der Waals surface area contributed by atoms with Gasteiger partial charge in [0.1, 0.15) is 0 Å². The van der Waals surface area contributed by atoms with Gasteiger partial charge >= 0.3 is 0 Å². The molecule has 0 aromatic heterocycles. The van der Waals surface area contributed by atoms with Crippen LogP contribution in [0.3, 0.4) is 0 Å². The molecule has 0 aliphatic carbocycles. The molecular weight excluding hydrogens is 272 g/mol. The summed E-state index contributed by atoms with van der Waals surface area (Å²) in [6.45, 7) is 2.24. The second kappa shape index (κ2) is 7.73. The van der Waals surface area contributed by atoms with Gasteiger partial charge in [-0.15, -0.1) is 0 Å². The molecule has 0 aliphatic rings. The third-order valence-electron chi connectivity index (χ3n) is 3.25. The topological polar surface area (TPSA) is 60.0 Å². The van der Waals surface area contributed by atoms with Crippen molar-refractivity contribution in [3.05, 3.63) is 17.7 Å². The highest BCUT2D eigenvalue weighted by atomic mass is 16.5. The van der Waals surface area contributed by atoms with Crippen LogP contribution in [0.15, 0.2) is 12.1 Å². The first-order valence-electron chi connectivity index (χ1n) is 6.68. The summed E-state index contributed by atoms with van der Waals surface area (Å²) in [6.07, 6.45) is 0. The van der Waals surface area contributed by atoms with E-state index in [1.165, 1.54) is 0 Å². The number of hydrogen-bond donors (Lipinski definition) is 1. The Labute approximate surface area is 126 Å². The zero-order valence-electron chi connectivity index (χ0n) is 13.5. The minimum absolute atomic E-state index is 0.0225. The SMILES string of the molecule is COc1cc(C(C)NCC(=O)N(C)C)cc(OC)c1OC. The predicted octanol–water partition coefficient (Wildman–Crippen LogP) is 1.45. The maximum atomic E-state index is 11.6. The Bertz CT molecular complexity index is 464. The van der Waals surface area contributed by atoms with Crippen molar-refractivity contribution in [2.24, 2.45) is 0 Å². The smallest absolute Gasteiger partial charge is 0.236 e. The lowest BCUT2D eigenvalue weighted by molar-refractivity contribution is -0.127. The number of likely N-dealkylation sites (N-methyl/N-ethyl adjacent to an activating group) is 1. The average molecular weight is 296 g/mol. The summed E-state index contributed by atoms with van der Waals surface area (Å²) >= 11 is 0. The van der Waals surface area contributed by atoms with E-state index >= 15 is 0 Å². The largest absolute Gasteiger partial charge is 0.493 e. The first-order chi connectivity index (χ1) is 9.94. The van der Waals surface area contributed by atoms with Crippen LogP contribution in [-0.4, -0.2) is 52.8 Å². The molecule has 0 radical (unpaired) electrons. The molecule has 6 nitrogen and oxygen atoms in total. The quantitative estimate of drug-likeness (QED) is 0.825. The number of benzene rings is 1. The number of amides is 1. The van der Waals surface area contributed by atoms with Crippen LogP contribution >= 0.6 is 0 Å². The maximum absolute atomic E-state index is 11.6. The third kappa shape index (κ3) is 4.26. The molecule has 6 heteroatoms. The first-order valence-corrected chi connectivity index (χ1v) is 6.68. The van der Waals surface area contributed by atoms with Crippen molar-refractivity contribution in [1.82, 2.24) is 10.2 Å². The molecule has 1 unspecified atom stereocenters. The normalized spacial score (nSPS) is 11.7. The average Bonchev–Trinajstić information content (AvgIpc) is 2.50. The van der Waals surface area contributed by atoms with Gasteiger partial charge in [-0.05, 0) is 24.6 Å². The van der Waals surface area contributed by atoms with Crippen LogP contribution in [0.25, 0.3) is 0 Å². The maximum Gasteiger partial charge on any atom is 0.236 e. The monoisotopic (exact) mass is 296 g/mol. The summed E-state index contributed by atoms with van der Waals surface area (Å²) in [5, 5.41) is 3.18. The van der Waals surface area contributed by atoms with Crippen molar-refractivity contribution >= 4 is 5.91 Å². The molecule has 1 atom stereocenters. The number of ether oxygens (including phenoxy) is 3. The molecule has 0 aliphatic heterocycles. The lowest BCUT2D eigenvalue weighted by Gasteiger charge is -2.19. The third-order valence-corrected chi connectivity index (χ3v) is 3.25. The molecule has 1 aromatic rings.